The normalized spacial score (nSPS) is 12.5. The molecule has 3 heteroatoms. The Balaban J connectivity index is 3.93. The Kier molecular flexibility index (Phi) is 6.17. The van der Waals surface area contributed by atoms with Crippen LogP contribution in [0.5, 0.6) is 0 Å². The van der Waals surface area contributed by atoms with E-state index in [4.69, 9.17) is 10.00 Å². The van der Waals surface area contributed by atoms with Gasteiger partial charge in [0.05, 0.1) is 6.07 Å². The number of nitrogens with zero attached hydrogens (tertiary/aromatic N) is 1. The molecule has 0 saturated heterocycles. The minimum Gasteiger partial charge on any atom is -0.374 e. The fraction of sp³-hybridized carbons (Fsp3) is 0.800. The molecule has 0 N–H and O–H groups in total. The van der Waals surface area contributed by atoms with Gasteiger partial charge in [0.1, 0.15) is 6.10 Å². The van der Waals surface area contributed by atoms with Gasteiger partial charge in [-0.25, -0.2) is 0 Å². The van der Waals surface area contributed by atoms with Crippen LogP contribution in [0.2, 0.25) is 0 Å². The molecule has 0 amide bonds. The molecule has 0 spiro atoms. The molecular weight excluding hydrogens is 166 g/mol. The third-order valence-corrected chi connectivity index (χ3v) is 1.81. The van der Waals surface area contributed by atoms with Crippen LogP contribution < -0.4 is 0 Å². The number of ketones is 1. The molecule has 0 aliphatic rings. The summed E-state index contributed by atoms with van der Waals surface area (Å²) < 4.78 is 5.06. The van der Waals surface area contributed by atoms with Crippen molar-refractivity contribution >= 4 is 5.78 Å². The van der Waals surface area contributed by atoms with Gasteiger partial charge in [0.15, 0.2) is 5.78 Å². The van der Waals surface area contributed by atoms with Gasteiger partial charge in [0.25, 0.3) is 0 Å². The lowest BCUT2D eigenvalue weighted by molar-refractivity contribution is -0.129. The summed E-state index contributed by atoms with van der Waals surface area (Å²) >= 11 is 0. The van der Waals surface area contributed by atoms with Gasteiger partial charge in [0.2, 0.25) is 0 Å². The van der Waals surface area contributed by atoms with Gasteiger partial charge in [0, 0.05) is 20.0 Å². The minimum atomic E-state index is -0.326. The summed E-state index contributed by atoms with van der Waals surface area (Å²) in [4.78, 5) is 11.4. The van der Waals surface area contributed by atoms with Crippen LogP contribution in [0, 0.1) is 17.2 Å². The lowest BCUT2D eigenvalue weighted by atomic mass is 10.0. The zero-order valence-corrected chi connectivity index (χ0v) is 8.54. The van der Waals surface area contributed by atoms with Crippen LogP contribution in [0.3, 0.4) is 0 Å². The van der Waals surface area contributed by atoms with E-state index in [0.29, 0.717) is 12.3 Å². The van der Waals surface area contributed by atoms with E-state index in [0.717, 1.165) is 6.42 Å². The molecule has 0 bridgehead atoms. The van der Waals surface area contributed by atoms with Crippen LogP contribution in [-0.2, 0) is 9.53 Å². The predicted molar refractivity (Wildman–Crippen MR) is 50.1 cm³/mol. The predicted octanol–water partition coefficient (Wildman–Crippen LogP) is 1.92. The molecule has 0 rings (SSSR count). The molecule has 0 aliphatic carbocycles. The SMILES string of the molecule is CO[C@@H](CC(C)C)C(=O)CCC#N. The molecule has 0 radical (unpaired) electrons. The summed E-state index contributed by atoms with van der Waals surface area (Å²) in [5.41, 5.74) is 0. The average Bonchev–Trinajstić information content (AvgIpc) is 2.09. The van der Waals surface area contributed by atoms with Crippen molar-refractivity contribution in [3.8, 4) is 6.07 Å². The van der Waals surface area contributed by atoms with Crippen LogP contribution in [0.15, 0.2) is 0 Å². The summed E-state index contributed by atoms with van der Waals surface area (Å²) in [6.07, 6.45) is 1.01. The number of nitriles is 1. The maximum absolute atomic E-state index is 11.4. The summed E-state index contributed by atoms with van der Waals surface area (Å²) in [6.45, 7) is 4.09. The molecule has 0 aliphatic heterocycles. The van der Waals surface area contributed by atoms with Gasteiger partial charge in [-0.3, -0.25) is 4.79 Å². The highest BCUT2D eigenvalue weighted by Gasteiger charge is 2.17. The lowest BCUT2D eigenvalue weighted by Gasteiger charge is -2.15. The van der Waals surface area contributed by atoms with Crippen LogP contribution in [0.4, 0.5) is 0 Å². The van der Waals surface area contributed by atoms with Crippen molar-refractivity contribution in [3.05, 3.63) is 0 Å². The largest absolute Gasteiger partial charge is 0.374 e. The third-order valence-electron chi connectivity index (χ3n) is 1.81. The monoisotopic (exact) mass is 183 g/mol. The molecule has 1 atom stereocenters. The van der Waals surface area contributed by atoms with Crippen molar-refractivity contribution in [3.63, 3.8) is 0 Å². The van der Waals surface area contributed by atoms with E-state index in [2.05, 4.69) is 0 Å². The highest BCUT2D eigenvalue weighted by Crippen LogP contribution is 2.10. The fourth-order valence-corrected chi connectivity index (χ4v) is 1.13. The van der Waals surface area contributed by atoms with Gasteiger partial charge < -0.3 is 4.74 Å². The van der Waals surface area contributed by atoms with Gasteiger partial charge in [-0.2, -0.15) is 5.26 Å². The number of hydrogen-bond acceptors (Lipinski definition) is 3. The quantitative estimate of drug-likeness (QED) is 0.632. The second-order valence-electron chi connectivity index (χ2n) is 3.48. The molecule has 0 aromatic carbocycles. The standard InChI is InChI=1S/C10H17NO2/c1-8(2)7-10(13-3)9(12)5-4-6-11/h8,10H,4-5,7H2,1-3H3/t10-/m0/s1. The summed E-state index contributed by atoms with van der Waals surface area (Å²) in [5, 5.41) is 8.31. The minimum absolute atomic E-state index is 0.0396. The number of carbonyl (C=O) groups is 1. The zero-order valence-electron chi connectivity index (χ0n) is 8.54. The second kappa shape index (κ2) is 6.62. The molecule has 0 saturated carbocycles. The van der Waals surface area contributed by atoms with E-state index in [1.807, 2.05) is 19.9 Å². The van der Waals surface area contributed by atoms with Crippen LogP contribution in [-0.4, -0.2) is 19.0 Å². The van der Waals surface area contributed by atoms with Gasteiger partial charge in [-0.05, 0) is 12.3 Å². The Morgan fingerprint density at radius 1 is 1.54 bits per heavy atom. The molecule has 0 aromatic rings. The first-order chi connectivity index (χ1) is 6.11. The second-order valence-corrected chi connectivity index (χ2v) is 3.48. The molecule has 0 unspecified atom stereocenters. The van der Waals surface area contributed by atoms with E-state index in [9.17, 15) is 4.79 Å². The Hall–Kier alpha value is -0.880. The van der Waals surface area contributed by atoms with Crippen molar-refractivity contribution < 1.29 is 9.53 Å². The molecule has 0 fully saturated rings. The zero-order chi connectivity index (χ0) is 10.3. The summed E-state index contributed by atoms with van der Waals surface area (Å²) in [6, 6.07) is 1.95. The van der Waals surface area contributed by atoms with Crippen molar-refractivity contribution in [2.24, 2.45) is 5.92 Å². The first kappa shape index (κ1) is 12.1. The highest BCUT2D eigenvalue weighted by molar-refractivity contribution is 5.83. The van der Waals surface area contributed by atoms with Crippen LogP contribution in [0.25, 0.3) is 0 Å². The Labute approximate surface area is 79.7 Å². The van der Waals surface area contributed by atoms with E-state index in [1.54, 1.807) is 0 Å². The molecular formula is C10H17NO2. The number of carbonyl (C=O) groups excluding carboxylic acids is 1. The Bertz CT molecular complexity index is 194. The summed E-state index contributed by atoms with van der Waals surface area (Å²) in [5.74, 6) is 0.480. The number of rotatable bonds is 6. The van der Waals surface area contributed by atoms with Gasteiger partial charge in [-0.1, -0.05) is 13.8 Å². The van der Waals surface area contributed by atoms with Crippen molar-refractivity contribution in [2.75, 3.05) is 7.11 Å². The van der Waals surface area contributed by atoms with Gasteiger partial charge in [-0.15, -0.1) is 0 Å². The maximum Gasteiger partial charge on any atom is 0.162 e. The molecule has 13 heavy (non-hydrogen) atoms. The number of hydrogen-bond donors (Lipinski definition) is 0. The number of methoxy groups -OCH3 is 1. The maximum atomic E-state index is 11.4. The topological polar surface area (TPSA) is 50.1 Å². The summed E-state index contributed by atoms with van der Waals surface area (Å²) in [7, 11) is 1.54. The van der Waals surface area contributed by atoms with Crippen molar-refractivity contribution in [1.82, 2.24) is 0 Å². The third kappa shape index (κ3) is 5.37. The van der Waals surface area contributed by atoms with E-state index in [-0.39, 0.29) is 18.3 Å². The molecule has 0 heterocycles. The lowest BCUT2D eigenvalue weighted by Crippen LogP contribution is -2.24. The van der Waals surface area contributed by atoms with Crippen molar-refractivity contribution in [1.29, 1.82) is 5.26 Å². The molecule has 3 nitrogen and oxygen atoms in total. The smallest absolute Gasteiger partial charge is 0.162 e. The highest BCUT2D eigenvalue weighted by atomic mass is 16.5. The Morgan fingerprint density at radius 2 is 2.15 bits per heavy atom. The van der Waals surface area contributed by atoms with E-state index < -0.39 is 0 Å². The van der Waals surface area contributed by atoms with Crippen LogP contribution >= 0.6 is 0 Å². The van der Waals surface area contributed by atoms with Crippen molar-refractivity contribution in [2.45, 2.75) is 39.2 Å². The van der Waals surface area contributed by atoms with E-state index in [1.165, 1.54) is 7.11 Å². The fourth-order valence-electron chi connectivity index (χ4n) is 1.13. The molecule has 74 valence electrons. The Morgan fingerprint density at radius 3 is 2.54 bits per heavy atom. The number of ether oxygens (including phenoxy) is 1. The van der Waals surface area contributed by atoms with Crippen LogP contribution in [0.1, 0.15) is 33.1 Å². The van der Waals surface area contributed by atoms with E-state index >= 15 is 0 Å². The first-order valence-electron chi connectivity index (χ1n) is 4.54. The molecule has 0 aromatic heterocycles. The average molecular weight is 183 g/mol. The van der Waals surface area contributed by atoms with Gasteiger partial charge >= 0.3 is 0 Å². The first-order valence-corrected chi connectivity index (χ1v) is 4.54. The number of Topliss-reactive ketones (excluding diaryl/α,β-unsaturated/α-hetero) is 1.